The van der Waals surface area contributed by atoms with E-state index in [1.54, 1.807) is 56.7 Å². The van der Waals surface area contributed by atoms with Crippen LogP contribution in [0.2, 0.25) is 0 Å². The highest BCUT2D eigenvalue weighted by molar-refractivity contribution is 5.79. The van der Waals surface area contributed by atoms with E-state index in [0.29, 0.717) is 47.7 Å². The quantitative estimate of drug-likeness (QED) is 0.219. The van der Waals surface area contributed by atoms with E-state index in [1.165, 1.54) is 4.90 Å². The lowest BCUT2D eigenvalue weighted by Gasteiger charge is -2.21. The number of amides is 1. The molecule has 0 spiro atoms. The lowest BCUT2D eigenvalue weighted by molar-refractivity contribution is -0.144. The standard InChI is InChI=1S/C29H30N2O8/c1-4-35-27(32)19-31(29(33)39-23-12-10-22(34-3)11-13-23)18-21-7-5-8-24(17-21)36-16-14-25-20(2)38-28(30-25)26-9-6-15-37-26/h5-13,15,17H,4,14,16,18-19H2,1-3H3. The smallest absolute Gasteiger partial charge is 0.416 e. The van der Waals surface area contributed by atoms with Crippen molar-refractivity contribution in [2.24, 2.45) is 0 Å². The monoisotopic (exact) mass is 534 g/mol. The van der Waals surface area contributed by atoms with Crippen LogP contribution in [-0.2, 0) is 22.5 Å². The van der Waals surface area contributed by atoms with Crippen LogP contribution in [0.3, 0.4) is 0 Å². The highest BCUT2D eigenvalue weighted by Gasteiger charge is 2.21. The Kier molecular flexibility index (Phi) is 9.23. The first-order chi connectivity index (χ1) is 18.9. The molecule has 0 aliphatic carbocycles. The SMILES string of the molecule is CCOC(=O)CN(Cc1cccc(OCCc2nc(-c3ccco3)oc2C)c1)C(=O)Oc1ccc(OC)cc1. The maximum absolute atomic E-state index is 13.0. The molecule has 4 rings (SSSR count). The molecule has 0 saturated carbocycles. The van der Waals surface area contributed by atoms with Crippen LogP contribution in [0.1, 0.15) is 23.9 Å². The zero-order valence-electron chi connectivity index (χ0n) is 22.0. The van der Waals surface area contributed by atoms with Crippen LogP contribution in [0.15, 0.2) is 75.8 Å². The summed E-state index contributed by atoms with van der Waals surface area (Å²) in [7, 11) is 1.55. The van der Waals surface area contributed by atoms with Crippen molar-refractivity contribution < 1.29 is 37.4 Å². The number of carbonyl (C=O) groups excluding carboxylic acids is 2. The Labute approximate surface area is 226 Å². The molecule has 1 amide bonds. The Bertz CT molecular complexity index is 1360. The van der Waals surface area contributed by atoms with Crippen LogP contribution in [-0.4, -0.2) is 48.8 Å². The minimum absolute atomic E-state index is 0.111. The number of esters is 1. The number of aryl methyl sites for hydroxylation is 1. The maximum atomic E-state index is 13.0. The van der Waals surface area contributed by atoms with Crippen molar-refractivity contribution in [3.8, 4) is 28.9 Å². The maximum Gasteiger partial charge on any atom is 0.416 e. The largest absolute Gasteiger partial charge is 0.497 e. The second-order valence-corrected chi connectivity index (χ2v) is 8.45. The molecular weight excluding hydrogens is 504 g/mol. The number of aromatic nitrogens is 1. The van der Waals surface area contributed by atoms with Gasteiger partial charge in [-0.05, 0) is 67.9 Å². The Morgan fingerprint density at radius 1 is 1.00 bits per heavy atom. The summed E-state index contributed by atoms with van der Waals surface area (Å²) in [5.41, 5.74) is 1.53. The number of hydrogen-bond donors (Lipinski definition) is 0. The highest BCUT2D eigenvalue weighted by atomic mass is 16.6. The van der Waals surface area contributed by atoms with Gasteiger partial charge in [0.1, 0.15) is 29.6 Å². The Hall–Kier alpha value is -4.73. The molecule has 0 fully saturated rings. The van der Waals surface area contributed by atoms with Crippen molar-refractivity contribution in [1.82, 2.24) is 9.88 Å². The molecule has 2 heterocycles. The Balaban J connectivity index is 1.38. The second kappa shape index (κ2) is 13.2. The van der Waals surface area contributed by atoms with E-state index in [2.05, 4.69) is 4.98 Å². The van der Waals surface area contributed by atoms with Crippen LogP contribution in [0.25, 0.3) is 11.7 Å². The molecule has 2 aromatic heterocycles. The van der Waals surface area contributed by atoms with Gasteiger partial charge in [0.2, 0.25) is 0 Å². The summed E-state index contributed by atoms with van der Waals surface area (Å²) in [5.74, 6) is 2.72. The predicted octanol–water partition coefficient (Wildman–Crippen LogP) is 5.44. The van der Waals surface area contributed by atoms with E-state index in [9.17, 15) is 9.59 Å². The lowest BCUT2D eigenvalue weighted by atomic mass is 10.2. The molecule has 39 heavy (non-hydrogen) atoms. The number of benzene rings is 2. The van der Waals surface area contributed by atoms with Crippen molar-refractivity contribution in [3.05, 3.63) is 83.9 Å². The summed E-state index contributed by atoms with van der Waals surface area (Å²) in [6, 6.07) is 17.4. The molecule has 0 atom stereocenters. The topological polar surface area (TPSA) is 113 Å². The fraction of sp³-hybridized carbons (Fsp3) is 0.276. The summed E-state index contributed by atoms with van der Waals surface area (Å²) < 4.78 is 32.6. The van der Waals surface area contributed by atoms with Crippen molar-refractivity contribution >= 4 is 12.1 Å². The van der Waals surface area contributed by atoms with Gasteiger partial charge in [0.15, 0.2) is 5.76 Å². The van der Waals surface area contributed by atoms with Crippen LogP contribution >= 0.6 is 0 Å². The number of rotatable bonds is 12. The van der Waals surface area contributed by atoms with Gasteiger partial charge in [-0.25, -0.2) is 9.78 Å². The van der Waals surface area contributed by atoms with Crippen molar-refractivity contribution in [2.75, 3.05) is 26.9 Å². The van der Waals surface area contributed by atoms with Gasteiger partial charge < -0.3 is 27.8 Å². The second-order valence-electron chi connectivity index (χ2n) is 8.45. The molecule has 0 N–H and O–H groups in total. The summed E-state index contributed by atoms with van der Waals surface area (Å²) in [6.07, 6.45) is 1.41. The van der Waals surface area contributed by atoms with Gasteiger partial charge >= 0.3 is 12.1 Å². The van der Waals surface area contributed by atoms with Crippen LogP contribution in [0.5, 0.6) is 17.2 Å². The molecule has 0 aliphatic heterocycles. The number of hydrogen-bond acceptors (Lipinski definition) is 9. The summed E-state index contributed by atoms with van der Waals surface area (Å²) in [6.45, 7) is 3.96. The molecule has 10 nitrogen and oxygen atoms in total. The number of methoxy groups -OCH3 is 1. The van der Waals surface area contributed by atoms with Gasteiger partial charge in [-0.15, -0.1) is 0 Å². The molecule has 0 bridgehead atoms. The average Bonchev–Trinajstić information content (AvgIpc) is 3.59. The molecule has 2 aromatic carbocycles. The van der Waals surface area contributed by atoms with Gasteiger partial charge in [0.05, 0.1) is 32.3 Å². The minimum Gasteiger partial charge on any atom is -0.497 e. The van der Waals surface area contributed by atoms with E-state index in [4.69, 9.17) is 27.8 Å². The van der Waals surface area contributed by atoms with E-state index >= 15 is 0 Å². The number of carbonyl (C=O) groups is 2. The van der Waals surface area contributed by atoms with Crippen LogP contribution < -0.4 is 14.2 Å². The zero-order valence-corrected chi connectivity index (χ0v) is 22.0. The Morgan fingerprint density at radius 3 is 2.51 bits per heavy atom. The summed E-state index contributed by atoms with van der Waals surface area (Å²) >= 11 is 0. The van der Waals surface area contributed by atoms with Gasteiger partial charge in [-0.2, -0.15) is 0 Å². The summed E-state index contributed by atoms with van der Waals surface area (Å²) in [4.78, 5) is 30.9. The lowest BCUT2D eigenvalue weighted by Crippen LogP contribution is -2.38. The third kappa shape index (κ3) is 7.64. The first kappa shape index (κ1) is 27.3. The molecule has 0 unspecified atom stereocenters. The molecule has 4 aromatic rings. The van der Waals surface area contributed by atoms with E-state index in [1.807, 2.05) is 31.2 Å². The first-order valence-electron chi connectivity index (χ1n) is 12.4. The van der Waals surface area contributed by atoms with Crippen LogP contribution in [0, 0.1) is 6.92 Å². The van der Waals surface area contributed by atoms with E-state index in [-0.39, 0.29) is 19.7 Å². The molecule has 10 heteroatoms. The fourth-order valence-electron chi connectivity index (χ4n) is 3.74. The average molecular weight is 535 g/mol. The van der Waals surface area contributed by atoms with Gasteiger partial charge in [-0.1, -0.05) is 12.1 Å². The van der Waals surface area contributed by atoms with Crippen molar-refractivity contribution in [3.63, 3.8) is 0 Å². The van der Waals surface area contributed by atoms with Gasteiger partial charge in [-0.3, -0.25) is 9.69 Å². The van der Waals surface area contributed by atoms with Gasteiger partial charge in [0, 0.05) is 13.0 Å². The van der Waals surface area contributed by atoms with Crippen molar-refractivity contribution in [1.29, 1.82) is 0 Å². The number of furan rings is 1. The highest BCUT2D eigenvalue weighted by Crippen LogP contribution is 2.23. The minimum atomic E-state index is -0.687. The third-order valence-corrected chi connectivity index (χ3v) is 5.65. The molecule has 0 radical (unpaired) electrons. The molecule has 0 saturated heterocycles. The molecule has 0 aliphatic rings. The molecule has 204 valence electrons. The fourth-order valence-corrected chi connectivity index (χ4v) is 3.74. The van der Waals surface area contributed by atoms with Crippen molar-refractivity contribution in [2.45, 2.75) is 26.8 Å². The number of ether oxygens (including phenoxy) is 4. The predicted molar refractivity (Wildman–Crippen MR) is 141 cm³/mol. The summed E-state index contributed by atoms with van der Waals surface area (Å²) in [5, 5.41) is 0. The molecular formula is C29H30N2O8. The van der Waals surface area contributed by atoms with Gasteiger partial charge in [0.25, 0.3) is 5.89 Å². The number of oxazole rings is 1. The first-order valence-corrected chi connectivity index (χ1v) is 12.4. The normalized spacial score (nSPS) is 10.6. The third-order valence-electron chi connectivity index (χ3n) is 5.65. The number of nitrogens with zero attached hydrogens (tertiary/aromatic N) is 2. The van der Waals surface area contributed by atoms with E-state index in [0.717, 1.165) is 11.3 Å². The zero-order chi connectivity index (χ0) is 27.6. The Morgan fingerprint density at radius 2 is 1.79 bits per heavy atom. The van der Waals surface area contributed by atoms with Crippen LogP contribution in [0.4, 0.5) is 4.79 Å². The van der Waals surface area contributed by atoms with E-state index < -0.39 is 12.1 Å².